The first-order valence-corrected chi connectivity index (χ1v) is 15.5. The molecule has 44 heavy (non-hydrogen) atoms. The maximum Gasteiger partial charge on any atom is 0.323 e. The van der Waals surface area contributed by atoms with Crippen molar-refractivity contribution < 1.29 is 32.4 Å². The number of nitrogens with two attached hydrogens (primary N) is 1. The average molecular weight is 629 g/mol. The summed E-state index contributed by atoms with van der Waals surface area (Å²) < 4.78 is 46.7. The molecule has 3 N–H and O–H groups in total. The Labute approximate surface area is 256 Å². The number of alkyl halides is 1. The van der Waals surface area contributed by atoms with Crippen LogP contribution in [0.1, 0.15) is 40.8 Å². The number of benzene rings is 2. The molecule has 0 spiro atoms. The number of anilines is 1. The Morgan fingerprint density at radius 2 is 1.95 bits per heavy atom. The monoisotopic (exact) mass is 628 g/mol. The number of nitrogens with zero attached hydrogens (tertiary/aromatic N) is 4. The van der Waals surface area contributed by atoms with Crippen LogP contribution >= 0.6 is 8.53 Å². The number of fused-ring (bicyclic) bond motifs is 2. The molecule has 1 aliphatic rings. The van der Waals surface area contributed by atoms with Crippen LogP contribution in [-0.4, -0.2) is 64.1 Å². The van der Waals surface area contributed by atoms with Crippen LogP contribution < -0.4 is 20.1 Å². The fraction of sp³-hybridized carbons (Fsp3) is 0.467. The van der Waals surface area contributed by atoms with Crippen molar-refractivity contribution in [2.45, 2.75) is 59.2 Å². The van der Waals surface area contributed by atoms with E-state index in [9.17, 15) is 4.79 Å². The zero-order chi connectivity index (χ0) is 31.6. The molecule has 0 aliphatic carbocycles. The molecule has 6 atom stereocenters. The summed E-state index contributed by atoms with van der Waals surface area (Å²) in [6.07, 6.45) is -1.57. The molecule has 1 fully saturated rings. The largest absolute Gasteiger partial charge is 0.479 e. The topological polar surface area (TPSA) is 145 Å². The summed E-state index contributed by atoms with van der Waals surface area (Å²) in [5.41, 5.74) is 6.43. The normalized spacial score (nSPS) is 21.8. The van der Waals surface area contributed by atoms with Gasteiger partial charge in [0, 0.05) is 11.3 Å². The second-order valence-electron chi connectivity index (χ2n) is 11.9. The van der Waals surface area contributed by atoms with E-state index in [0.29, 0.717) is 16.9 Å². The summed E-state index contributed by atoms with van der Waals surface area (Å²) in [4.78, 5) is 25.5. The number of methoxy groups -OCH3 is 1. The Balaban J connectivity index is 1.33. The van der Waals surface area contributed by atoms with Gasteiger partial charge < -0.3 is 29.0 Å². The second-order valence-corrected chi connectivity index (χ2v) is 13.1. The third-order valence-electron chi connectivity index (χ3n) is 7.08. The summed E-state index contributed by atoms with van der Waals surface area (Å²) >= 11 is 0. The van der Waals surface area contributed by atoms with E-state index >= 15 is 4.39 Å². The number of carbonyl (C=O) groups is 1. The standard InChI is InChI=1S/C30H38FN6O6P/c1-17-23(31)22(42-27(17)37-16-33-24-25(37)34-29(32)35-26(24)39-6)14-41-44(36-18(2)28(38)40-15-30(3,4)5)43-21-13-9-11-19-10-7-8-12-20(19)21/h7-13,16-18,22-23,27,36H,14-15H2,1-6H3,(H2,32,34,35). The van der Waals surface area contributed by atoms with Crippen molar-refractivity contribution >= 4 is 42.4 Å². The van der Waals surface area contributed by atoms with Gasteiger partial charge in [0.1, 0.15) is 30.3 Å². The van der Waals surface area contributed by atoms with E-state index in [-0.39, 0.29) is 30.5 Å². The molecule has 14 heteroatoms. The van der Waals surface area contributed by atoms with Crippen LogP contribution in [0.5, 0.6) is 11.6 Å². The molecular weight excluding hydrogens is 590 g/mol. The Hall–Kier alpha value is -3.64. The average Bonchev–Trinajstić information content (AvgIpc) is 3.53. The quantitative estimate of drug-likeness (QED) is 0.164. The maximum absolute atomic E-state index is 15.7. The predicted octanol–water partition coefficient (Wildman–Crippen LogP) is 5.33. The van der Waals surface area contributed by atoms with Crippen molar-refractivity contribution in [1.29, 1.82) is 0 Å². The van der Waals surface area contributed by atoms with Crippen molar-refractivity contribution in [3.8, 4) is 11.6 Å². The molecule has 1 saturated heterocycles. The first-order chi connectivity index (χ1) is 20.9. The van der Waals surface area contributed by atoms with E-state index in [4.69, 9.17) is 29.0 Å². The third-order valence-corrected chi connectivity index (χ3v) is 8.43. The van der Waals surface area contributed by atoms with E-state index in [1.807, 2.05) is 63.2 Å². The molecule has 2 aromatic carbocycles. The SMILES string of the molecule is COc1nc(N)nc2c1ncn2C1OC(COP(NC(C)C(=O)OCC(C)(C)C)Oc2cccc3ccccc23)C(F)C1C. The van der Waals surface area contributed by atoms with Gasteiger partial charge in [0.25, 0.3) is 0 Å². The van der Waals surface area contributed by atoms with E-state index in [1.165, 1.54) is 13.4 Å². The molecular formula is C30H38FN6O6P. The van der Waals surface area contributed by atoms with Gasteiger partial charge in [0.05, 0.1) is 26.7 Å². The molecule has 3 heterocycles. The molecule has 6 unspecified atom stereocenters. The lowest BCUT2D eigenvalue weighted by Gasteiger charge is -2.25. The predicted molar refractivity (Wildman–Crippen MR) is 165 cm³/mol. The minimum atomic E-state index is -1.94. The zero-order valence-electron chi connectivity index (χ0n) is 25.6. The molecule has 2 aromatic heterocycles. The molecule has 236 valence electrons. The van der Waals surface area contributed by atoms with E-state index in [0.717, 1.165) is 10.8 Å². The van der Waals surface area contributed by atoms with Crippen LogP contribution in [0.3, 0.4) is 0 Å². The number of hydrogen-bond donors (Lipinski definition) is 2. The van der Waals surface area contributed by atoms with Crippen LogP contribution in [-0.2, 0) is 18.8 Å². The van der Waals surface area contributed by atoms with Gasteiger partial charge in [-0.3, -0.25) is 9.36 Å². The number of nitrogens with one attached hydrogen (secondary N) is 1. The number of ether oxygens (including phenoxy) is 3. The number of hydrogen-bond acceptors (Lipinski definition) is 11. The number of carbonyl (C=O) groups excluding carboxylic acids is 1. The van der Waals surface area contributed by atoms with Crippen LogP contribution in [0.25, 0.3) is 21.9 Å². The molecule has 0 radical (unpaired) electrons. The van der Waals surface area contributed by atoms with Gasteiger partial charge in [0.15, 0.2) is 11.2 Å². The summed E-state index contributed by atoms with van der Waals surface area (Å²) in [5, 5.41) is 4.95. The van der Waals surface area contributed by atoms with Crippen LogP contribution in [0.15, 0.2) is 48.8 Å². The number of nitrogen functional groups attached to an aromatic ring is 1. The first-order valence-electron chi connectivity index (χ1n) is 14.3. The highest BCUT2D eigenvalue weighted by Gasteiger charge is 2.45. The van der Waals surface area contributed by atoms with Crippen molar-refractivity contribution in [2.75, 3.05) is 26.1 Å². The van der Waals surface area contributed by atoms with Gasteiger partial charge in [-0.05, 0) is 23.8 Å². The van der Waals surface area contributed by atoms with Gasteiger partial charge in [-0.1, -0.05) is 64.1 Å². The lowest BCUT2D eigenvalue weighted by Crippen LogP contribution is -2.36. The van der Waals surface area contributed by atoms with Gasteiger partial charge in [-0.2, -0.15) is 9.97 Å². The molecule has 0 bridgehead atoms. The lowest BCUT2D eigenvalue weighted by molar-refractivity contribution is -0.148. The smallest absolute Gasteiger partial charge is 0.323 e. The van der Waals surface area contributed by atoms with Crippen molar-refractivity contribution in [3.63, 3.8) is 0 Å². The highest BCUT2D eigenvalue weighted by Crippen LogP contribution is 2.43. The Kier molecular flexibility index (Phi) is 9.50. The highest BCUT2D eigenvalue weighted by molar-refractivity contribution is 7.45. The third kappa shape index (κ3) is 7.02. The summed E-state index contributed by atoms with van der Waals surface area (Å²) in [5.74, 6) is -0.256. The molecule has 1 aliphatic heterocycles. The second kappa shape index (κ2) is 13.2. The number of aromatic nitrogens is 4. The van der Waals surface area contributed by atoms with E-state index < -0.39 is 45.0 Å². The number of rotatable bonds is 11. The summed E-state index contributed by atoms with van der Waals surface area (Å²) in [7, 11) is -0.483. The van der Waals surface area contributed by atoms with Gasteiger partial charge in [-0.15, -0.1) is 0 Å². The fourth-order valence-electron chi connectivity index (χ4n) is 4.78. The molecule has 12 nitrogen and oxygen atoms in total. The van der Waals surface area contributed by atoms with Crippen molar-refractivity contribution in [1.82, 2.24) is 24.6 Å². The molecule has 5 rings (SSSR count). The van der Waals surface area contributed by atoms with Gasteiger partial charge in [0.2, 0.25) is 11.8 Å². The van der Waals surface area contributed by atoms with E-state index in [1.54, 1.807) is 18.4 Å². The Morgan fingerprint density at radius 3 is 2.70 bits per heavy atom. The van der Waals surface area contributed by atoms with Crippen molar-refractivity contribution in [2.24, 2.45) is 11.3 Å². The molecule has 4 aromatic rings. The molecule has 0 saturated carbocycles. The Morgan fingerprint density at radius 1 is 1.20 bits per heavy atom. The fourth-order valence-corrected chi connectivity index (χ4v) is 6.00. The van der Waals surface area contributed by atoms with E-state index in [2.05, 4.69) is 20.0 Å². The minimum Gasteiger partial charge on any atom is -0.479 e. The maximum atomic E-state index is 15.7. The van der Waals surface area contributed by atoms with Gasteiger partial charge in [-0.25, -0.2) is 14.5 Å². The number of esters is 1. The lowest BCUT2D eigenvalue weighted by atomic mass is 9.99. The van der Waals surface area contributed by atoms with Gasteiger partial charge >= 0.3 is 14.5 Å². The van der Waals surface area contributed by atoms with Crippen LogP contribution in [0.4, 0.5) is 10.3 Å². The zero-order valence-corrected chi connectivity index (χ0v) is 26.5. The first kappa shape index (κ1) is 31.8. The highest BCUT2D eigenvalue weighted by atomic mass is 31.2. The summed E-state index contributed by atoms with van der Waals surface area (Å²) in [6, 6.07) is 12.7. The summed E-state index contributed by atoms with van der Waals surface area (Å²) in [6.45, 7) is 9.45. The minimum absolute atomic E-state index is 0.00382. The Bertz CT molecular complexity index is 1610. The molecule has 0 amide bonds. The van der Waals surface area contributed by atoms with Crippen molar-refractivity contribution in [3.05, 3.63) is 48.8 Å². The van der Waals surface area contributed by atoms with Crippen LogP contribution in [0, 0.1) is 11.3 Å². The van der Waals surface area contributed by atoms with Crippen LogP contribution in [0.2, 0.25) is 0 Å². The number of halogens is 1. The number of imidazole rings is 1.